The van der Waals surface area contributed by atoms with E-state index in [1.54, 1.807) is 48.8 Å². The molecular weight excluding hydrogens is 1440 g/mol. The maximum absolute atomic E-state index is 12.6. The third-order valence-electron chi connectivity index (χ3n) is 22.9. The molecule has 38 nitrogen and oxygen atoms in total. The van der Waals surface area contributed by atoms with Gasteiger partial charge >= 0.3 is 23.9 Å². The highest BCUT2D eigenvalue weighted by atomic mass is 16.8. The predicted octanol–water partition coefficient (Wildman–Crippen LogP) is 6.87. The first kappa shape index (κ1) is 89.5. The van der Waals surface area contributed by atoms with Crippen molar-refractivity contribution in [2.45, 2.75) is 308 Å². The van der Waals surface area contributed by atoms with Gasteiger partial charge in [0.05, 0.1) is 97.4 Å². The maximum atomic E-state index is 12.6. The third kappa shape index (κ3) is 20.9. The quantitative estimate of drug-likeness (QED) is 0.0243. The monoisotopic (exact) mass is 1560 g/mol. The van der Waals surface area contributed by atoms with Crippen molar-refractivity contribution in [2.75, 3.05) is 69.0 Å². The summed E-state index contributed by atoms with van der Waals surface area (Å²) < 4.78 is 153. The van der Waals surface area contributed by atoms with Crippen molar-refractivity contribution in [3.05, 3.63) is 31.3 Å². The second-order valence-electron chi connectivity index (χ2n) is 30.1. The minimum Gasteiger partial charge on any atom is -0.463 e. The highest BCUT2D eigenvalue weighted by Crippen LogP contribution is 2.46. The van der Waals surface area contributed by atoms with Crippen LogP contribution in [-0.2, 0) is 133 Å². The normalized spacial score (nSPS) is 45.3. The molecule has 16 unspecified atom stereocenters. The summed E-state index contributed by atoms with van der Waals surface area (Å²) in [7, 11) is 9.48. The summed E-state index contributed by atoms with van der Waals surface area (Å²) in [4.78, 5) is 59.2. The van der Waals surface area contributed by atoms with Crippen molar-refractivity contribution in [3.63, 3.8) is 0 Å². The number of hydrogen-bond acceptors (Lipinski definition) is 32. The van der Waals surface area contributed by atoms with E-state index in [-0.39, 0.29) is 62.4 Å². The van der Waals surface area contributed by atoms with Crippen LogP contribution in [0.5, 0.6) is 0 Å². The lowest BCUT2D eigenvalue weighted by molar-refractivity contribution is -0.371. The molecule has 109 heavy (non-hydrogen) atoms. The topological polar surface area (TPSA) is 448 Å². The van der Waals surface area contributed by atoms with Gasteiger partial charge in [0.25, 0.3) is 0 Å². The molecule has 38 heteroatoms. The van der Waals surface area contributed by atoms with E-state index in [2.05, 4.69) is 35.4 Å². The van der Waals surface area contributed by atoms with Gasteiger partial charge in [0, 0.05) is 113 Å². The lowest BCUT2D eigenvalue weighted by Gasteiger charge is -2.52. The molecular formula is C71H118N10O28. The summed E-state index contributed by atoms with van der Waals surface area (Å²) in [5.41, 5.74) is 30.4. The summed E-state index contributed by atoms with van der Waals surface area (Å²) >= 11 is 0. The number of carbonyl (C=O) groups is 4. The zero-order valence-corrected chi connectivity index (χ0v) is 66.9. The van der Waals surface area contributed by atoms with Crippen LogP contribution in [0.3, 0.4) is 0 Å². The van der Waals surface area contributed by atoms with Crippen LogP contribution in [0.15, 0.2) is 15.3 Å². The first-order valence-electron chi connectivity index (χ1n) is 37.6. The van der Waals surface area contributed by atoms with Crippen molar-refractivity contribution in [2.24, 2.45) is 68.6 Å². The van der Waals surface area contributed by atoms with Gasteiger partial charge < -0.3 is 119 Å². The second-order valence-corrected chi connectivity index (χ2v) is 30.1. The first-order chi connectivity index (χ1) is 51.8. The summed E-state index contributed by atoms with van der Waals surface area (Å²) in [6.45, 7) is 28.2. The van der Waals surface area contributed by atoms with E-state index in [0.29, 0.717) is 0 Å². The van der Waals surface area contributed by atoms with Crippen LogP contribution in [0.4, 0.5) is 0 Å². The number of azide groups is 3. The number of carbonyl (C=O) groups excluding carboxylic acids is 4. The Balaban J connectivity index is 0.960. The molecule has 0 bridgehead atoms. The fourth-order valence-electron chi connectivity index (χ4n) is 16.7. The van der Waals surface area contributed by atoms with Crippen molar-refractivity contribution in [3.8, 4) is 0 Å². The summed E-state index contributed by atoms with van der Waals surface area (Å²) in [6, 6.07) is -3.48. The molecule has 8 saturated heterocycles. The van der Waals surface area contributed by atoms with Crippen LogP contribution >= 0.6 is 0 Å². The lowest BCUT2D eigenvalue weighted by atomic mass is 9.85. The first-order valence-corrected chi connectivity index (χ1v) is 37.6. The van der Waals surface area contributed by atoms with Crippen LogP contribution in [-0.4, -0.2) is 283 Å². The van der Waals surface area contributed by atoms with Gasteiger partial charge in [-0.15, -0.1) is 0 Å². The minimum absolute atomic E-state index is 0.0555. The van der Waals surface area contributed by atoms with E-state index < -0.39 is 232 Å². The van der Waals surface area contributed by atoms with Gasteiger partial charge in [-0.1, -0.05) is 77.7 Å². The van der Waals surface area contributed by atoms with Crippen LogP contribution in [0.1, 0.15) is 118 Å². The SMILES string of the molecule is CNC1[C@@H](OC)OC(COC(C)=O)[C@@H](O[C@@H]2OC(C)[C@@H](O[C@H]3OC(COC(C)=O)[C@@H](O[C@@H]4OC(C)[C@@H](O[C@@H]5OC(COC(C)=O)[C@@H](O[C@@H]6OC(C)[C@@H](O[C@@H]7OC(COC(C)=O)[C@@H](O[C@@H]8OC(C)[C@@H](C)[C@@H](OC)C8C)[C@H](C)C7N=[N+]=[N-])[C@@H](OC)C6C)[C@H](C)C5N=[N+]=[N-])[C@@H](OC)C4C)[C@H](C)C3N=[N+]=[N-])[C@@H](OC)C2C)[C@@H]1C. The van der Waals surface area contributed by atoms with Crippen molar-refractivity contribution < 1.29 is 133 Å². The number of esters is 4. The predicted molar refractivity (Wildman–Crippen MR) is 377 cm³/mol. The molecule has 8 heterocycles. The number of methoxy groups -OCH3 is 5. The van der Waals surface area contributed by atoms with E-state index in [1.165, 1.54) is 56.1 Å². The Bertz CT molecular complexity index is 3090. The number of ether oxygens (including phenoxy) is 24. The second kappa shape index (κ2) is 40.8. The van der Waals surface area contributed by atoms with Crippen LogP contribution < -0.4 is 5.32 Å². The standard InChI is InChI=1S/C71H118N10O28/c1-28-37(10)95-64(33(6)53(28)86-19)104-55-30(3)50(76-79-72)69(100-46(55)25-92-42(15)83)108-62-39(12)97-66(35(8)59(62)88-21)106-57-32(5)52(78-81-74)71(102-48(57)27-94-44(17)85)109-63-40(13)98-67(36(9)60(63)89-22)105-56-31(4)51(77-80-73)70(101-47(56)26-93-43(16)84)107-61-38(11)96-65(34(7)58(61)87-20)103-54-29(2)49(75-18)68(90-23)99-45(54)24-91-41(14)82/h28-40,45-71,75H,24-27H2,1-23H3/t28-,29-,30-,31-,32-,33?,34?,35?,36?,37?,38?,39?,40?,45?,46?,47?,48?,49?,50?,51?,52?,53-,54+,55+,56+,57+,58+,59+,60+,61-,62-,63-,64+,65+,66+,67+,68+,69+,70-,71+/m1/s1. The fourth-order valence-corrected chi connectivity index (χ4v) is 16.7. The smallest absolute Gasteiger partial charge is 0.302 e. The largest absolute Gasteiger partial charge is 0.463 e. The van der Waals surface area contributed by atoms with Gasteiger partial charge in [0.1, 0.15) is 69.2 Å². The van der Waals surface area contributed by atoms with Crippen molar-refractivity contribution in [1.82, 2.24) is 5.32 Å². The Morgan fingerprint density at radius 1 is 0.303 bits per heavy atom. The summed E-state index contributed by atoms with van der Waals surface area (Å²) in [6.07, 6.45) is -23.5. The molecule has 8 fully saturated rings. The van der Waals surface area contributed by atoms with Crippen LogP contribution in [0, 0.1) is 53.3 Å². The Morgan fingerprint density at radius 3 is 0.798 bits per heavy atom. The molecule has 8 aliphatic rings. The zero-order valence-electron chi connectivity index (χ0n) is 66.9. The average Bonchev–Trinajstić information content (AvgIpc) is 0.854. The van der Waals surface area contributed by atoms with E-state index in [9.17, 15) is 35.8 Å². The molecule has 8 aliphatic heterocycles. The van der Waals surface area contributed by atoms with Gasteiger partial charge in [-0.3, -0.25) is 19.2 Å². The van der Waals surface area contributed by atoms with Gasteiger partial charge in [-0.2, -0.15) is 0 Å². The van der Waals surface area contributed by atoms with Gasteiger partial charge in [0.15, 0.2) is 50.3 Å². The molecule has 40 atom stereocenters. The fraction of sp³-hybridized carbons (Fsp3) is 0.944. The Hall–Kier alpha value is -5.03. The summed E-state index contributed by atoms with van der Waals surface area (Å²) in [5.74, 6) is -6.56. The Morgan fingerprint density at radius 2 is 0.550 bits per heavy atom. The lowest BCUT2D eigenvalue weighted by Crippen LogP contribution is -2.64. The number of nitrogens with one attached hydrogen (secondary N) is 1. The number of likely N-dealkylation sites (N-methyl/N-ethyl adjacent to an activating group) is 1. The molecule has 0 amide bonds. The summed E-state index contributed by atoms with van der Waals surface area (Å²) in [5, 5.41) is 15.9. The highest BCUT2D eigenvalue weighted by Gasteiger charge is 2.58. The number of hydrogen-bond donors (Lipinski definition) is 1. The van der Waals surface area contributed by atoms with Gasteiger partial charge in [0.2, 0.25) is 0 Å². The van der Waals surface area contributed by atoms with Gasteiger partial charge in [-0.25, -0.2) is 0 Å². The molecule has 0 aliphatic carbocycles. The Kier molecular flexibility index (Phi) is 33.5. The molecule has 620 valence electrons. The van der Waals surface area contributed by atoms with E-state index in [0.717, 1.165) is 0 Å². The number of rotatable bonds is 31. The van der Waals surface area contributed by atoms with E-state index in [4.69, 9.17) is 114 Å². The minimum atomic E-state index is -1.34. The van der Waals surface area contributed by atoms with Crippen molar-refractivity contribution >= 4 is 23.9 Å². The molecule has 0 aromatic heterocycles. The van der Waals surface area contributed by atoms with Crippen LogP contribution in [0.2, 0.25) is 0 Å². The molecule has 0 aromatic carbocycles. The molecule has 0 aromatic rings. The molecule has 8 rings (SSSR count). The average molecular weight is 1560 g/mol. The maximum Gasteiger partial charge on any atom is 0.302 e. The van der Waals surface area contributed by atoms with E-state index >= 15 is 0 Å². The zero-order chi connectivity index (χ0) is 80.2. The molecule has 0 radical (unpaired) electrons. The molecule has 0 spiro atoms. The van der Waals surface area contributed by atoms with E-state index in [1.807, 2.05) is 55.4 Å². The number of nitrogens with zero attached hydrogens (tertiary/aromatic N) is 9. The highest BCUT2D eigenvalue weighted by molar-refractivity contribution is 5.66. The van der Waals surface area contributed by atoms with Gasteiger partial charge in [-0.05, 0) is 69.1 Å². The van der Waals surface area contributed by atoms with Crippen LogP contribution in [0.25, 0.3) is 31.3 Å². The Labute approximate surface area is 637 Å². The molecule has 1 N–H and O–H groups in total. The molecule has 0 saturated carbocycles. The van der Waals surface area contributed by atoms with Crippen molar-refractivity contribution in [1.29, 1.82) is 0 Å². The third-order valence-corrected chi connectivity index (χ3v) is 22.9.